The number of aromatic nitrogens is 2. The summed E-state index contributed by atoms with van der Waals surface area (Å²) in [6.45, 7) is 3.83. The van der Waals surface area contributed by atoms with Gasteiger partial charge in [-0.1, -0.05) is 23.4 Å². The molecule has 2 heterocycles. The smallest absolute Gasteiger partial charge is 0.261 e. The van der Waals surface area contributed by atoms with E-state index in [1.807, 2.05) is 48.7 Å². The Morgan fingerprint density at radius 2 is 2.25 bits per heavy atom. The van der Waals surface area contributed by atoms with Crippen LogP contribution in [0.3, 0.4) is 0 Å². The Kier molecular flexibility index (Phi) is 4.90. The minimum Gasteiger partial charge on any atom is -0.481 e. The van der Waals surface area contributed by atoms with Gasteiger partial charge in [-0.15, -0.1) is 11.3 Å². The molecule has 0 spiro atoms. The number of carbonyl (C=O) groups excluding carboxylic acids is 1. The Hall–Kier alpha value is -2.67. The van der Waals surface area contributed by atoms with Gasteiger partial charge in [0.2, 0.25) is 11.7 Å². The molecule has 3 aromatic rings. The minimum atomic E-state index is -0.619. The number of nitrogens with zero attached hydrogens (tertiary/aromatic N) is 2. The van der Waals surface area contributed by atoms with Crippen LogP contribution in [0, 0.1) is 6.92 Å². The zero-order valence-electron chi connectivity index (χ0n) is 13.4. The molecule has 2 aromatic heterocycles. The number of hydrogen-bond acceptors (Lipinski definition) is 6. The molecule has 6 nitrogen and oxygen atoms in total. The van der Waals surface area contributed by atoms with Crippen molar-refractivity contribution < 1.29 is 14.1 Å². The summed E-state index contributed by atoms with van der Waals surface area (Å²) in [7, 11) is 0. The highest BCUT2D eigenvalue weighted by molar-refractivity contribution is 7.13. The highest BCUT2D eigenvalue weighted by Crippen LogP contribution is 2.21. The van der Waals surface area contributed by atoms with Crippen LogP contribution in [0.5, 0.6) is 5.75 Å². The molecule has 124 valence electrons. The Bertz CT molecular complexity index is 814. The van der Waals surface area contributed by atoms with Crippen molar-refractivity contribution in [2.24, 2.45) is 0 Å². The molecule has 0 aliphatic carbocycles. The van der Waals surface area contributed by atoms with E-state index in [-0.39, 0.29) is 12.5 Å². The van der Waals surface area contributed by atoms with Crippen LogP contribution >= 0.6 is 11.3 Å². The number of aryl methyl sites for hydroxylation is 1. The first-order valence-electron chi connectivity index (χ1n) is 7.49. The van der Waals surface area contributed by atoms with Crippen LogP contribution in [-0.4, -0.2) is 22.2 Å². The second-order valence-electron chi connectivity index (χ2n) is 5.28. The maximum absolute atomic E-state index is 12.1. The summed E-state index contributed by atoms with van der Waals surface area (Å²) in [6, 6.07) is 11.4. The predicted molar refractivity (Wildman–Crippen MR) is 90.7 cm³/mol. The molecule has 1 atom stereocenters. The Labute approximate surface area is 143 Å². The molecule has 0 aliphatic rings. The summed E-state index contributed by atoms with van der Waals surface area (Å²) in [5.74, 6) is 1.30. The first-order valence-corrected chi connectivity index (χ1v) is 8.37. The summed E-state index contributed by atoms with van der Waals surface area (Å²) < 4.78 is 10.8. The molecule has 0 saturated carbocycles. The molecule has 1 unspecified atom stereocenters. The van der Waals surface area contributed by atoms with Crippen molar-refractivity contribution in [3.05, 3.63) is 53.2 Å². The van der Waals surface area contributed by atoms with Crippen molar-refractivity contribution in [3.63, 3.8) is 0 Å². The third kappa shape index (κ3) is 3.99. The molecule has 1 N–H and O–H groups in total. The number of carbonyl (C=O) groups is 1. The molecular weight excluding hydrogens is 326 g/mol. The first-order chi connectivity index (χ1) is 11.6. The summed E-state index contributed by atoms with van der Waals surface area (Å²) in [5.41, 5.74) is 1.08. The number of ether oxygens (including phenoxy) is 1. The van der Waals surface area contributed by atoms with Crippen molar-refractivity contribution in [1.82, 2.24) is 15.5 Å². The van der Waals surface area contributed by atoms with E-state index in [1.54, 1.807) is 6.92 Å². The topological polar surface area (TPSA) is 77.2 Å². The number of nitrogens with one attached hydrogen (secondary N) is 1. The molecule has 24 heavy (non-hydrogen) atoms. The van der Waals surface area contributed by atoms with Crippen LogP contribution in [0.4, 0.5) is 0 Å². The number of rotatable bonds is 6. The van der Waals surface area contributed by atoms with Crippen LogP contribution in [0.25, 0.3) is 10.7 Å². The maximum Gasteiger partial charge on any atom is 0.261 e. The van der Waals surface area contributed by atoms with Crippen LogP contribution in [-0.2, 0) is 11.3 Å². The quantitative estimate of drug-likeness (QED) is 0.744. The lowest BCUT2D eigenvalue weighted by Crippen LogP contribution is -2.36. The minimum absolute atomic E-state index is 0.165. The van der Waals surface area contributed by atoms with E-state index in [1.165, 1.54) is 11.3 Å². The van der Waals surface area contributed by atoms with Crippen molar-refractivity contribution in [3.8, 4) is 16.5 Å². The fourth-order valence-corrected chi connectivity index (χ4v) is 2.73. The van der Waals surface area contributed by atoms with E-state index in [9.17, 15) is 4.79 Å². The van der Waals surface area contributed by atoms with Crippen LogP contribution in [0.15, 0.2) is 46.3 Å². The van der Waals surface area contributed by atoms with Crippen LogP contribution in [0.2, 0.25) is 0 Å². The predicted octanol–water partition coefficient (Wildman–Crippen LogP) is 3.19. The number of thiophene rings is 1. The molecule has 0 aliphatic heterocycles. The zero-order chi connectivity index (χ0) is 16.9. The first kappa shape index (κ1) is 16.2. The number of benzene rings is 1. The van der Waals surface area contributed by atoms with Crippen molar-refractivity contribution >= 4 is 17.2 Å². The van der Waals surface area contributed by atoms with E-state index in [0.29, 0.717) is 17.5 Å². The number of hydrogen-bond donors (Lipinski definition) is 1. The highest BCUT2D eigenvalue weighted by atomic mass is 32.1. The lowest BCUT2D eigenvalue weighted by molar-refractivity contribution is -0.127. The van der Waals surface area contributed by atoms with Gasteiger partial charge >= 0.3 is 0 Å². The van der Waals surface area contributed by atoms with E-state index in [0.717, 1.165) is 10.4 Å². The fraction of sp³-hybridized carbons (Fsp3) is 0.235. The SMILES string of the molecule is Cc1cccc(OC(C)C(=O)NCc2nc(-c3cccs3)no2)c1. The molecule has 7 heteroatoms. The van der Waals surface area contributed by atoms with Gasteiger partial charge in [0.05, 0.1) is 11.4 Å². The summed E-state index contributed by atoms with van der Waals surface area (Å²) >= 11 is 1.53. The van der Waals surface area contributed by atoms with E-state index >= 15 is 0 Å². The van der Waals surface area contributed by atoms with Gasteiger partial charge in [0.1, 0.15) is 5.75 Å². The molecule has 0 saturated heterocycles. The molecule has 0 radical (unpaired) electrons. The average Bonchev–Trinajstić information content (AvgIpc) is 3.23. The number of amides is 1. The van der Waals surface area contributed by atoms with Crippen molar-refractivity contribution in [1.29, 1.82) is 0 Å². The second-order valence-corrected chi connectivity index (χ2v) is 6.23. The normalized spacial score (nSPS) is 11.9. The largest absolute Gasteiger partial charge is 0.481 e. The van der Waals surface area contributed by atoms with Crippen LogP contribution < -0.4 is 10.1 Å². The van der Waals surface area contributed by atoms with Gasteiger partial charge in [0.25, 0.3) is 5.91 Å². The molecule has 1 aromatic carbocycles. The van der Waals surface area contributed by atoms with Gasteiger partial charge in [0.15, 0.2) is 6.10 Å². The fourth-order valence-electron chi connectivity index (χ4n) is 2.09. The molecule has 1 amide bonds. The lowest BCUT2D eigenvalue weighted by atomic mass is 10.2. The third-order valence-corrected chi connectivity index (χ3v) is 4.16. The summed E-state index contributed by atoms with van der Waals surface area (Å²) in [5, 5.41) is 8.58. The van der Waals surface area contributed by atoms with E-state index < -0.39 is 6.10 Å². The van der Waals surface area contributed by atoms with Gasteiger partial charge in [-0.3, -0.25) is 4.79 Å². The van der Waals surface area contributed by atoms with Gasteiger partial charge in [-0.05, 0) is 43.0 Å². The standard InChI is InChI=1S/C17H17N3O3S/c1-11-5-3-6-13(9-11)22-12(2)17(21)18-10-15-19-16(20-23-15)14-7-4-8-24-14/h3-9,12H,10H2,1-2H3,(H,18,21). The van der Waals surface area contributed by atoms with Gasteiger partial charge in [-0.2, -0.15) is 4.98 Å². The Balaban J connectivity index is 1.53. The van der Waals surface area contributed by atoms with Crippen LogP contribution in [0.1, 0.15) is 18.4 Å². The Morgan fingerprint density at radius 1 is 1.38 bits per heavy atom. The van der Waals surface area contributed by atoms with E-state index in [4.69, 9.17) is 9.26 Å². The van der Waals surface area contributed by atoms with Crippen molar-refractivity contribution in [2.45, 2.75) is 26.5 Å². The molecule has 0 fully saturated rings. The lowest BCUT2D eigenvalue weighted by Gasteiger charge is -2.14. The molecular formula is C17H17N3O3S. The third-order valence-electron chi connectivity index (χ3n) is 3.30. The molecule has 0 bridgehead atoms. The molecule has 3 rings (SSSR count). The summed E-state index contributed by atoms with van der Waals surface area (Å²) in [6.07, 6.45) is -0.619. The monoisotopic (exact) mass is 343 g/mol. The van der Waals surface area contributed by atoms with Gasteiger partial charge in [0, 0.05) is 0 Å². The van der Waals surface area contributed by atoms with E-state index in [2.05, 4.69) is 15.5 Å². The zero-order valence-corrected chi connectivity index (χ0v) is 14.2. The second kappa shape index (κ2) is 7.27. The Morgan fingerprint density at radius 3 is 3.00 bits per heavy atom. The maximum atomic E-state index is 12.1. The average molecular weight is 343 g/mol. The van der Waals surface area contributed by atoms with Crippen molar-refractivity contribution in [2.75, 3.05) is 0 Å². The highest BCUT2D eigenvalue weighted by Gasteiger charge is 2.16. The summed E-state index contributed by atoms with van der Waals surface area (Å²) in [4.78, 5) is 17.3. The van der Waals surface area contributed by atoms with Gasteiger partial charge < -0.3 is 14.6 Å². The van der Waals surface area contributed by atoms with Gasteiger partial charge in [-0.25, -0.2) is 0 Å².